The zero-order valence-electron chi connectivity index (χ0n) is 14.4. The number of rotatable bonds is 9. The van der Waals surface area contributed by atoms with Crippen molar-refractivity contribution in [3.8, 4) is 11.6 Å². The van der Waals surface area contributed by atoms with Crippen LogP contribution in [0.5, 0.6) is 11.6 Å². The quantitative estimate of drug-likeness (QED) is 0.625. The first-order chi connectivity index (χ1) is 12.1. The summed E-state index contributed by atoms with van der Waals surface area (Å²) >= 11 is 6.09. The summed E-state index contributed by atoms with van der Waals surface area (Å²) in [5, 5.41) is 6.03. The van der Waals surface area contributed by atoms with Crippen molar-refractivity contribution in [2.45, 2.75) is 32.4 Å². The third-order valence-electron chi connectivity index (χ3n) is 3.60. The van der Waals surface area contributed by atoms with Crippen LogP contribution < -0.4 is 15.4 Å². The van der Waals surface area contributed by atoms with Crippen LogP contribution in [0.1, 0.15) is 31.9 Å². The fourth-order valence-corrected chi connectivity index (χ4v) is 2.59. The SMILES string of the molecule is CC[C@@H](N[C@@H](C)CNC=O)c1ccc(Cl)c(Oc2cnccn2)c1F.Cl. The molecule has 26 heavy (non-hydrogen) atoms. The Morgan fingerprint density at radius 2 is 2.15 bits per heavy atom. The van der Waals surface area contributed by atoms with Gasteiger partial charge < -0.3 is 15.4 Å². The Morgan fingerprint density at radius 3 is 2.77 bits per heavy atom. The lowest BCUT2D eigenvalue weighted by molar-refractivity contribution is -0.109. The normalized spacial score (nSPS) is 12.6. The van der Waals surface area contributed by atoms with Gasteiger partial charge in [-0.15, -0.1) is 12.4 Å². The average Bonchev–Trinajstić information content (AvgIpc) is 2.63. The van der Waals surface area contributed by atoms with Gasteiger partial charge >= 0.3 is 0 Å². The maximum absolute atomic E-state index is 15.0. The van der Waals surface area contributed by atoms with E-state index < -0.39 is 5.82 Å². The van der Waals surface area contributed by atoms with Gasteiger partial charge in [0.25, 0.3) is 0 Å². The van der Waals surface area contributed by atoms with E-state index >= 15 is 0 Å². The molecule has 2 aromatic rings. The molecule has 6 nitrogen and oxygen atoms in total. The molecule has 0 aliphatic rings. The van der Waals surface area contributed by atoms with Crippen LogP contribution in [0.2, 0.25) is 5.02 Å². The Morgan fingerprint density at radius 1 is 1.38 bits per heavy atom. The zero-order chi connectivity index (χ0) is 18.2. The van der Waals surface area contributed by atoms with Gasteiger partial charge in [0.1, 0.15) is 0 Å². The van der Waals surface area contributed by atoms with E-state index in [0.29, 0.717) is 24.9 Å². The molecule has 0 unspecified atom stereocenters. The van der Waals surface area contributed by atoms with Gasteiger partial charge in [0, 0.05) is 36.6 Å². The monoisotopic (exact) mass is 402 g/mol. The molecular weight excluding hydrogens is 382 g/mol. The van der Waals surface area contributed by atoms with E-state index in [-0.39, 0.29) is 41.1 Å². The third-order valence-corrected chi connectivity index (χ3v) is 3.90. The van der Waals surface area contributed by atoms with Crippen molar-refractivity contribution in [2.75, 3.05) is 6.54 Å². The maximum Gasteiger partial charge on any atom is 0.238 e. The molecule has 2 N–H and O–H groups in total. The predicted octanol–water partition coefficient (Wildman–Crippen LogP) is 3.66. The second-order valence-electron chi connectivity index (χ2n) is 5.48. The highest BCUT2D eigenvalue weighted by molar-refractivity contribution is 6.32. The molecule has 2 atom stereocenters. The van der Waals surface area contributed by atoms with Crippen molar-refractivity contribution in [1.82, 2.24) is 20.6 Å². The number of carbonyl (C=O) groups excluding carboxylic acids is 1. The smallest absolute Gasteiger partial charge is 0.238 e. The van der Waals surface area contributed by atoms with Gasteiger partial charge in [-0.25, -0.2) is 9.37 Å². The first-order valence-corrected chi connectivity index (χ1v) is 8.29. The topological polar surface area (TPSA) is 76.1 Å². The summed E-state index contributed by atoms with van der Waals surface area (Å²) in [6.45, 7) is 4.29. The van der Waals surface area contributed by atoms with Crippen LogP contribution in [0, 0.1) is 5.82 Å². The Bertz CT molecular complexity index is 707. The minimum Gasteiger partial charge on any atom is -0.433 e. The van der Waals surface area contributed by atoms with Crippen LogP contribution in [-0.4, -0.2) is 29.0 Å². The van der Waals surface area contributed by atoms with Crippen LogP contribution >= 0.6 is 24.0 Å². The predicted molar refractivity (Wildman–Crippen MR) is 100 cm³/mol. The number of ether oxygens (including phenoxy) is 1. The molecule has 0 aliphatic heterocycles. The molecule has 1 heterocycles. The van der Waals surface area contributed by atoms with Crippen molar-refractivity contribution in [2.24, 2.45) is 0 Å². The van der Waals surface area contributed by atoms with Crippen molar-refractivity contribution < 1.29 is 13.9 Å². The highest BCUT2D eigenvalue weighted by atomic mass is 35.5. The van der Waals surface area contributed by atoms with E-state index in [0.717, 1.165) is 0 Å². The van der Waals surface area contributed by atoms with Gasteiger partial charge in [0.15, 0.2) is 11.6 Å². The Labute approximate surface area is 162 Å². The number of benzene rings is 1. The number of hydrogen-bond acceptors (Lipinski definition) is 5. The molecule has 0 aliphatic carbocycles. The molecule has 0 spiro atoms. The second-order valence-corrected chi connectivity index (χ2v) is 5.89. The molecule has 0 saturated heterocycles. The summed E-state index contributed by atoms with van der Waals surface area (Å²) < 4.78 is 20.5. The largest absolute Gasteiger partial charge is 0.433 e. The number of aromatic nitrogens is 2. The highest BCUT2D eigenvalue weighted by Crippen LogP contribution is 2.35. The maximum atomic E-state index is 15.0. The Hall–Kier alpha value is -1.96. The highest BCUT2D eigenvalue weighted by Gasteiger charge is 2.22. The van der Waals surface area contributed by atoms with Gasteiger partial charge in [-0.2, -0.15) is 0 Å². The molecule has 0 saturated carbocycles. The number of nitrogens with one attached hydrogen (secondary N) is 2. The number of amides is 1. The van der Waals surface area contributed by atoms with Crippen LogP contribution in [0.15, 0.2) is 30.7 Å². The minimum atomic E-state index is -0.548. The van der Waals surface area contributed by atoms with Crippen molar-refractivity contribution in [3.63, 3.8) is 0 Å². The molecule has 0 fully saturated rings. The van der Waals surface area contributed by atoms with Crippen molar-refractivity contribution >= 4 is 30.4 Å². The molecule has 1 aromatic carbocycles. The third kappa shape index (κ3) is 5.79. The Kier molecular flexibility index (Phi) is 9.26. The number of carbonyl (C=O) groups is 1. The standard InChI is InChI=1S/C17H20ClFN4O2.ClH/c1-3-14(23-11(2)8-21-10-24)12-4-5-13(18)17(16(12)19)25-15-9-20-6-7-22-15;/h4-7,9-11,14,23H,3,8H2,1-2H3,(H,21,24);1H/t11-,14+;/m0./s1. The first-order valence-electron chi connectivity index (χ1n) is 7.91. The van der Waals surface area contributed by atoms with Crippen LogP contribution in [0.3, 0.4) is 0 Å². The lowest BCUT2D eigenvalue weighted by Gasteiger charge is -2.23. The summed E-state index contributed by atoms with van der Waals surface area (Å²) in [4.78, 5) is 18.3. The Balaban J connectivity index is 0.00000338. The van der Waals surface area contributed by atoms with Gasteiger partial charge in [-0.1, -0.05) is 24.6 Å². The molecular formula is C17H21Cl2FN4O2. The molecule has 1 amide bonds. The molecule has 142 valence electrons. The summed E-state index contributed by atoms with van der Waals surface area (Å²) in [5.41, 5.74) is 0.434. The molecule has 9 heteroatoms. The minimum absolute atomic E-state index is 0. The summed E-state index contributed by atoms with van der Waals surface area (Å²) in [6, 6.07) is 2.92. The lowest BCUT2D eigenvalue weighted by atomic mass is 10.0. The van der Waals surface area contributed by atoms with Gasteiger partial charge in [0.05, 0.1) is 11.2 Å². The van der Waals surface area contributed by atoms with Crippen LogP contribution in [0.4, 0.5) is 4.39 Å². The lowest BCUT2D eigenvalue weighted by Crippen LogP contribution is -2.38. The fourth-order valence-electron chi connectivity index (χ4n) is 2.41. The van der Waals surface area contributed by atoms with E-state index in [9.17, 15) is 9.18 Å². The summed E-state index contributed by atoms with van der Waals surface area (Å²) in [5.74, 6) is -0.475. The summed E-state index contributed by atoms with van der Waals surface area (Å²) in [7, 11) is 0. The molecule has 1 aromatic heterocycles. The fraction of sp³-hybridized carbons (Fsp3) is 0.353. The molecule has 0 radical (unpaired) electrons. The van der Waals surface area contributed by atoms with Crippen molar-refractivity contribution in [1.29, 1.82) is 0 Å². The average molecular weight is 403 g/mol. The van der Waals surface area contributed by atoms with Gasteiger partial charge in [0.2, 0.25) is 12.3 Å². The van der Waals surface area contributed by atoms with E-state index in [1.165, 1.54) is 18.6 Å². The zero-order valence-corrected chi connectivity index (χ0v) is 16.0. The van der Waals surface area contributed by atoms with E-state index in [4.69, 9.17) is 16.3 Å². The number of nitrogens with zero attached hydrogens (tertiary/aromatic N) is 2. The first kappa shape index (κ1) is 22.1. The van der Waals surface area contributed by atoms with Gasteiger partial charge in [-0.3, -0.25) is 9.78 Å². The number of halogens is 3. The molecule has 2 rings (SSSR count). The van der Waals surface area contributed by atoms with Crippen LogP contribution in [-0.2, 0) is 4.79 Å². The van der Waals surface area contributed by atoms with Crippen LogP contribution in [0.25, 0.3) is 0 Å². The van der Waals surface area contributed by atoms with Gasteiger partial charge in [-0.05, 0) is 19.4 Å². The van der Waals surface area contributed by atoms with E-state index in [2.05, 4.69) is 20.6 Å². The second kappa shape index (κ2) is 10.9. The van der Waals surface area contributed by atoms with Crippen molar-refractivity contribution in [3.05, 3.63) is 47.1 Å². The van der Waals surface area contributed by atoms with E-state index in [1.54, 1.807) is 12.1 Å². The molecule has 0 bridgehead atoms. The summed E-state index contributed by atoms with van der Waals surface area (Å²) in [6.07, 6.45) is 5.60. The van der Waals surface area contributed by atoms with E-state index in [1.807, 2.05) is 13.8 Å². The number of hydrogen-bond donors (Lipinski definition) is 2.